The first-order valence-electron chi connectivity index (χ1n) is 6.94. The van der Waals surface area contributed by atoms with Gasteiger partial charge in [0.25, 0.3) is 0 Å². The van der Waals surface area contributed by atoms with Gasteiger partial charge in [-0.1, -0.05) is 54.6 Å². The van der Waals surface area contributed by atoms with Crippen molar-refractivity contribution in [2.24, 2.45) is 0 Å². The Morgan fingerprint density at radius 1 is 0.857 bits per heavy atom. The molecule has 21 heavy (non-hydrogen) atoms. The van der Waals surface area contributed by atoms with Gasteiger partial charge in [0, 0.05) is 11.0 Å². The molecule has 2 N–H and O–H groups in total. The molecule has 0 aliphatic rings. The number of phenolic OH excluding ortho intramolecular Hbond substituents is 2. The highest BCUT2D eigenvalue weighted by Gasteiger charge is 2.34. The second kappa shape index (κ2) is 6.31. The largest absolute Gasteiger partial charge is 0.504 e. The van der Waals surface area contributed by atoms with Crippen LogP contribution in [0.25, 0.3) is 0 Å². The zero-order valence-electron chi connectivity index (χ0n) is 12.0. The van der Waals surface area contributed by atoms with Crippen molar-refractivity contribution < 1.29 is 10.2 Å². The lowest BCUT2D eigenvalue weighted by molar-refractivity contribution is 0.385. The molecular weight excluding hydrogens is 260 g/mol. The molecule has 0 fully saturated rings. The smallest absolute Gasteiger partial charge is 0.161 e. The summed E-state index contributed by atoms with van der Waals surface area (Å²) in [5.74, 6) is -0.189. The van der Waals surface area contributed by atoms with E-state index >= 15 is 0 Å². The van der Waals surface area contributed by atoms with Gasteiger partial charge in [0.05, 0.1) is 0 Å². The van der Waals surface area contributed by atoms with Crippen molar-refractivity contribution in [3.63, 3.8) is 0 Å². The Bertz CT molecular complexity index is 619. The molecule has 2 aromatic rings. The first-order valence-corrected chi connectivity index (χ1v) is 6.94. The van der Waals surface area contributed by atoms with Crippen LogP contribution in [0.4, 0.5) is 0 Å². The number of hydrogen-bond donors (Lipinski definition) is 2. The Morgan fingerprint density at radius 2 is 1.48 bits per heavy atom. The molecule has 2 rings (SSSR count). The molecule has 2 aromatic carbocycles. The summed E-state index contributed by atoms with van der Waals surface area (Å²) in [7, 11) is 0. The minimum atomic E-state index is -0.479. The van der Waals surface area contributed by atoms with Crippen LogP contribution in [-0.2, 0) is 5.41 Å². The van der Waals surface area contributed by atoms with Crippen molar-refractivity contribution in [2.45, 2.75) is 18.3 Å². The van der Waals surface area contributed by atoms with Crippen molar-refractivity contribution in [2.75, 3.05) is 0 Å². The van der Waals surface area contributed by atoms with Gasteiger partial charge in [0.2, 0.25) is 0 Å². The molecule has 0 saturated carbocycles. The Hall–Kier alpha value is -2.48. The topological polar surface area (TPSA) is 40.5 Å². The third-order valence-electron chi connectivity index (χ3n) is 3.84. The van der Waals surface area contributed by atoms with E-state index in [0.717, 1.165) is 5.56 Å². The second-order valence-corrected chi connectivity index (χ2v) is 5.11. The van der Waals surface area contributed by atoms with E-state index in [2.05, 4.69) is 13.2 Å². The zero-order chi connectivity index (χ0) is 15.3. The van der Waals surface area contributed by atoms with Gasteiger partial charge < -0.3 is 10.2 Å². The summed E-state index contributed by atoms with van der Waals surface area (Å²) >= 11 is 0. The molecule has 0 atom stereocenters. The van der Waals surface area contributed by atoms with Crippen LogP contribution in [0.2, 0.25) is 0 Å². The lowest BCUT2D eigenvalue weighted by Gasteiger charge is -2.34. The van der Waals surface area contributed by atoms with E-state index in [0.29, 0.717) is 18.4 Å². The predicted octanol–water partition coefficient (Wildman–Crippen LogP) is 4.54. The Labute approximate surface area is 125 Å². The number of phenols is 2. The number of rotatable bonds is 6. The van der Waals surface area contributed by atoms with Crippen LogP contribution in [0.15, 0.2) is 73.8 Å². The molecule has 0 bridgehead atoms. The number of aromatic hydroxyl groups is 2. The maximum Gasteiger partial charge on any atom is 0.161 e. The molecule has 0 radical (unpaired) electrons. The van der Waals surface area contributed by atoms with Gasteiger partial charge in [0.15, 0.2) is 11.5 Å². The maximum absolute atomic E-state index is 10.3. The zero-order valence-corrected chi connectivity index (χ0v) is 12.0. The summed E-state index contributed by atoms with van der Waals surface area (Å²) in [6, 6.07) is 15.0. The van der Waals surface area contributed by atoms with Crippen LogP contribution >= 0.6 is 0 Å². The summed E-state index contributed by atoms with van der Waals surface area (Å²) in [6.07, 6.45) is 4.94. The van der Waals surface area contributed by atoms with Gasteiger partial charge >= 0.3 is 0 Å². The van der Waals surface area contributed by atoms with E-state index in [1.807, 2.05) is 48.6 Å². The predicted molar refractivity (Wildman–Crippen MR) is 86.6 cm³/mol. The van der Waals surface area contributed by atoms with Crippen LogP contribution in [0, 0.1) is 0 Å². The lowest BCUT2D eigenvalue weighted by Crippen LogP contribution is -2.26. The monoisotopic (exact) mass is 280 g/mol. The molecule has 0 aliphatic carbocycles. The van der Waals surface area contributed by atoms with Crippen LogP contribution in [0.1, 0.15) is 24.0 Å². The van der Waals surface area contributed by atoms with E-state index in [-0.39, 0.29) is 11.5 Å². The van der Waals surface area contributed by atoms with Crippen molar-refractivity contribution in [3.8, 4) is 11.5 Å². The molecule has 2 nitrogen and oxygen atoms in total. The van der Waals surface area contributed by atoms with Crippen LogP contribution in [0.3, 0.4) is 0 Å². The third kappa shape index (κ3) is 2.70. The molecule has 0 unspecified atom stereocenters. The first kappa shape index (κ1) is 14.9. The summed E-state index contributed by atoms with van der Waals surface area (Å²) in [4.78, 5) is 0. The van der Waals surface area contributed by atoms with E-state index in [4.69, 9.17) is 0 Å². The fourth-order valence-electron chi connectivity index (χ4n) is 2.86. The number of hydrogen-bond acceptors (Lipinski definition) is 2. The molecular formula is C19H20O2. The molecule has 108 valence electrons. The third-order valence-corrected chi connectivity index (χ3v) is 3.84. The average molecular weight is 280 g/mol. The van der Waals surface area contributed by atoms with Gasteiger partial charge in [-0.15, -0.1) is 13.2 Å². The van der Waals surface area contributed by atoms with Gasteiger partial charge in [-0.05, 0) is 24.5 Å². The Balaban J connectivity index is 2.73. The first-order chi connectivity index (χ1) is 10.2. The average Bonchev–Trinajstić information content (AvgIpc) is 2.51. The van der Waals surface area contributed by atoms with Crippen molar-refractivity contribution in [1.29, 1.82) is 0 Å². The van der Waals surface area contributed by atoms with Crippen LogP contribution in [0.5, 0.6) is 11.5 Å². The van der Waals surface area contributed by atoms with Crippen molar-refractivity contribution in [3.05, 3.63) is 85.0 Å². The fourth-order valence-corrected chi connectivity index (χ4v) is 2.86. The molecule has 0 aromatic heterocycles. The molecule has 0 heterocycles. The maximum atomic E-state index is 10.3. The molecule has 0 spiro atoms. The van der Waals surface area contributed by atoms with Crippen molar-refractivity contribution >= 4 is 0 Å². The molecule has 0 saturated heterocycles. The minimum absolute atomic E-state index is 0.0787. The number of para-hydroxylation sites is 1. The standard InChI is InChI=1S/C19H20O2/c1-3-13-19(14-4-2,15-9-6-5-7-10-15)16-11-8-12-17(20)18(16)21/h3-12,20-21H,1-2,13-14H2. The SMILES string of the molecule is C=CCC(CC=C)(c1ccccc1)c1cccc(O)c1O. The minimum Gasteiger partial charge on any atom is -0.504 e. The quantitative estimate of drug-likeness (QED) is 0.602. The fraction of sp³-hybridized carbons (Fsp3) is 0.158. The van der Waals surface area contributed by atoms with Gasteiger partial charge in [0.1, 0.15) is 0 Å². The highest BCUT2D eigenvalue weighted by Crippen LogP contribution is 2.46. The van der Waals surface area contributed by atoms with Crippen molar-refractivity contribution in [1.82, 2.24) is 0 Å². The van der Waals surface area contributed by atoms with Crippen LogP contribution < -0.4 is 0 Å². The van der Waals surface area contributed by atoms with E-state index in [1.54, 1.807) is 6.07 Å². The Morgan fingerprint density at radius 3 is 2.05 bits per heavy atom. The summed E-state index contributed by atoms with van der Waals surface area (Å²) in [5, 5.41) is 20.2. The number of allylic oxidation sites excluding steroid dienone is 2. The highest BCUT2D eigenvalue weighted by atomic mass is 16.3. The van der Waals surface area contributed by atoms with E-state index in [9.17, 15) is 10.2 Å². The summed E-state index contributed by atoms with van der Waals surface area (Å²) < 4.78 is 0. The lowest BCUT2D eigenvalue weighted by atomic mass is 9.69. The molecule has 0 aliphatic heterocycles. The molecule has 2 heteroatoms. The highest BCUT2D eigenvalue weighted by molar-refractivity contribution is 5.53. The van der Waals surface area contributed by atoms with Gasteiger partial charge in [-0.2, -0.15) is 0 Å². The Kier molecular flexibility index (Phi) is 4.49. The number of benzene rings is 2. The van der Waals surface area contributed by atoms with Crippen LogP contribution in [-0.4, -0.2) is 10.2 Å². The van der Waals surface area contributed by atoms with E-state index in [1.165, 1.54) is 6.07 Å². The molecule has 0 amide bonds. The summed E-state index contributed by atoms with van der Waals surface area (Å²) in [6.45, 7) is 7.70. The second-order valence-electron chi connectivity index (χ2n) is 5.11. The van der Waals surface area contributed by atoms with Gasteiger partial charge in [-0.3, -0.25) is 0 Å². The normalized spacial score (nSPS) is 11.0. The van der Waals surface area contributed by atoms with Gasteiger partial charge in [-0.25, -0.2) is 0 Å². The van der Waals surface area contributed by atoms with E-state index < -0.39 is 5.41 Å². The summed E-state index contributed by atoms with van der Waals surface area (Å²) in [5.41, 5.74) is 1.27.